The molecular weight excluding hydrogens is 363 g/mol. The first-order valence-electron chi connectivity index (χ1n) is 8.62. The van der Waals surface area contributed by atoms with Gasteiger partial charge in [0.25, 0.3) is 0 Å². The normalized spacial score (nSPS) is 11.9. The molecule has 0 unspecified atom stereocenters. The average molecular weight is 384 g/mol. The molecule has 0 radical (unpaired) electrons. The van der Waals surface area contributed by atoms with Crippen LogP contribution in [0.2, 0.25) is 0 Å². The molecule has 0 aliphatic heterocycles. The van der Waals surface area contributed by atoms with Crippen LogP contribution in [0.4, 0.5) is 4.39 Å². The van der Waals surface area contributed by atoms with Crippen LogP contribution < -0.4 is 10.1 Å². The fourth-order valence-electron chi connectivity index (χ4n) is 2.96. The number of carbonyl (C=O) groups is 1. The molecule has 0 saturated carbocycles. The Kier molecular flexibility index (Phi) is 5.86. The van der Waals surface area contributed by atoms with Gasteiger partial charge in [-0.2, -0.15) is 0 Å². The first kappa shape index (κ1) is 19.0. The van der Waals surface area contributed by atoms with Crippen molar-refractivity contribution < 1.29 is 13.9 Å². The molecular formula is C21H21FN2O2S. The van der Waals surface area contributed by atoms with Gasteiger partial charge >= 0.3 is 0 Å². The molecule has 0 fully saturated rings. The van der Waals surface area contributed by atoms with E-state index in [1.54, 1.807) is 19.2 Å². The van der Waals surface area contributed by atoms with Gasteiger partial charge in [0.15, 0.2) is 0 Å². The van der Waals surface area contributed by atoms with Gasteiger partial charge in [-0.3, -0.25) is 4.79 Å². The quantitative estimate of drug-likeness (QED) is 0.671. The Hall–Kier alpha value is -2.73. The number of para-hydroxylation sites is 1. The zero-order valence-corrected chi connectivity index (χ0v) is 16.3. The fraction of sp³-hybridized carbons (Fsp3) is 0.238. The van der Waals surface area contributed by atoms with E-state index in [0.29, 0.717) is 0 Å². The highest BCUT2D eigenvalue weighted by Gasteiger charge is 2.18. The van der Waals surface area contributed by atoms with Crippen LogP contribution in [0.3, 0.4) is 0 Å². The number of rotatable bonds is 6. The van der Waals surface area contributed by atoms with Crippen LogP contribution in [0.15, 0.2) is 48.5 Å². The van der Waals surface area contributed by atoms with Crippen molar-refractivity contribution in [1.82, 2.24) is 10.3 Å². The number of halogens is 1. The Morgan fingerprint density at radius 2 is 1.93 bits per heavy atom. The number of nitrogens with zero attached hydrogens (tertiary/aromatic N) is 1. The van der Waals surface area contributed by atoms with Crippen LogP contribution in [-0.4, -0.2) is 18.0 Å². The minimum absolute atomic E-state index is 0.0968. The van der Waals surface area contributed by atoms with Gasteiger partial charge in [0.2, 0.25) is 5.91 Å². The number of nitrogens with one attached hydrogen (secondary N) is 1. The highest BCUT2D eigenvalue weighted by atomic mass is 32.1. The standard InChI is InChI=1S/C21H21FN2O2S/c1-13(17-6-4-5-7-18(17)26-3)23-20(25)12-19-21(24-14(2)27-19)15-8-10-16(22)11-9-15/h4-11,13H,12H2,1-3H3,(H,23,25)/t13-/m1/s1. The molecule has 1 heterocycles. The summed E-state index contributed by atoms with van der Waals surface area (Å²) in [4.78, 5) is 18.0. The molecule has 1 N–H and O–H groups in total. The third-order valence-corrected chi connectivity index (χ3v) is 5.20. The van der Waals surface area contributed by atoms with E-state index < -0.39 is 0 Å². The summed E-state index contributed by atoms with van der Waals surface area (Å²) in [5, 5.41) is 3.89. The third-order valence-electron chi connectivity index (χ3n) is 4.23. The number of ether oxygens (including phenoxy) is 1. The van der Waals surface area contributed by atoms with Crippen LogP contribution in [0, 0.1) is 12.7 Å². The molecule has 0 spiro atoms. The van der Waals surface area contributed by atoms with Gasteiger partial charge in [-0.15, -0.1) is 11.3 Å². The molecule has 1 amide bonds. The molecule has 3 aromatic rings. The van der Waals surface area contributed by atoms with Crippen LogP contribution in [0.5, 0.6) is 5.75 Å². The van der Waals surface area contributed by atoms with E-state index in [-0.39, 0.29) is 24.2 Å². The summed E-state index contributed by atoms with van der Waals surface area (Å²) in [6.45, 7) is 3.82. The number of aromatic nitrogens is 1. The summed E-state index contributed by atoms with van der Waals surface area (Å²) in [7, 11) is 1.61. The summed E-state index contributed by atoms with van der Waals surface area (Å²) < 4.78 is 18.6. The molecule has 0 bridgehead atoms. The van der Waals surface area contributed by atoms with Crippen molar-refractivity contribution in [3.63, 3.8) is 0 Å². The largest absolute Gasteiger partial charge is 0.496 e. The Bertz CT molecular complexity index is 938. The van der Waals surface area contributed by atoms with Crippen molar-refractivity contribution in [3.8, 4) is 17.0 Å². The molecule has 6 heteroatoms. The minimum atomic E-state index is -0.296. The van der Waals surface area contributed by atoms with Gasteiger partial charge in [0.1, 0.15) is 11.6 Å². The van der Waals surface area contributed by atoms with E-state index in [1.165, 1.54) is 23.5 Å². The molecule has 0 aliphatic carbocycles. The Labute approximate surface area is 162 Å². The smallest absolute Gasteiger partial charge is 0.225 e. The third kappa shape index (κ3) is 4.52. The van der Waals surface area contributed by atoms with Crippen molar-refractivity contribution in [2.45, 2.75) is 26.3 Å². The van der Waals surface area contributed by atoms with E-state index in [0.717, 1.165) is 32.5 Å². The molecule has 1 aromatic heterocycles. The highest BCUT2D eigenvalue weighted by molar-refractivity contribution is 7.12. The van der Waals surface area contributed by atoms with E-state index >= 15 is 0 Å². The Balaban J connectivity index is 1.76. The first-order valence-corrected chi connectivity index (χ1v) is 9.44. The first-order chi connectivity index (χ1) is 13.0. The maximum absolute atomic E-state index is 13.2. The molecule has 0 saturated heterocycles. The Morgan fingerprint density at radius 1 is 1.22 bits per heavy atom. The second-order valence-corrected chi connectivity index (χ2v) is 7.51. The number of amides is 1. The lowest BCUT2D eigenvalue weighted by atomic mass is 10.1. The lowest BCUT2D eigenvalue weighted by Gasteiger charge is -2.17. The minimum Gasteiger partial charge on any atom is -0.496 e. The van der Waals surface area contributed by atoms with Gasteiger partial charge < -0.3 is 10.1 Å². The van der Waals surface area contributed by atoms with E-state index in [1.807, 2.05) is 38.1 Å². The van der Waals surface area contributed by atoms with Crippen molar-refractivity contribution in [2.75, 3.05) is 7.11 Å². The average Bonchev–Trinajstić information content (AvgIpc) is 3.02. The second kappa shape index (κ2) is 8.31. The number of methoxy groups -OCH3 is 1. The number of benzene rings is 2. The van der Waals surface area contributed by atoms with Crippen molar-refractivity contribution >= 4 is 17.2 Å². The highest BCUT2D eigenvalue weighted by Crippen LogP contribution is 2.29. The van der Waals surface area contributed by atoms with Gasteiger partial charge in [0, 0.05) is 16.0 Å². The summed E-state index contributed by atoms with van der Waals surface area (Å²) in [5.74, 6) is 0.349. The molecule has 3 rings (SSSR count). The fourth-order valence-corrected chi connectivity index (χ4v) is 3.92. The van der Waals surface area contributed by atoms with Gasteiger partial charge in [-0.25, -0.2) is 9.37 Å². The van der Waals surface area contributed by atoms with E-state index in [9.17, 15) is 9.18 Å². The zero-order valence-electron chi connectivity index (χ0n) is 15.5. The maximum Gasteiger partial charge on any atom is 0.225 e. The van der Waals surface area contributed by atoms with E-state index in [2.05, 4.69) is 10.3 Å². The van der Waals surface area contributed by atoms with Crippen LogP contribution in [-0.2, 0) is 11.2 Å². The SMILES string of the molecule is COc1ccccc1[C@@H](C)NC(=O)Cc1sc(C)nc1-c1ccc(F)cc1. The van der Waals surface area contributed by atoms with Crippen LogP contribution >= 0.6 is 11.3 Å². The number of hydrogen-bond acceptors (Lipinski definition) is 4. The molecule has 4 nitrogen and oxygen atoms in total. The zero-order chi connectivity index (χ0) is 19.4. The monoisotopic (exact) mass is 384 g/mol. The Morgan fingerprint density at radius 3 is 2.63 bits per heavy atom. The number of aryl methyl sites for hydroxylation is 1. The van der Waals surface area contributed by atoms with Crippen LogP contribution in [0.25, 0.3) is 11.3 Å². The number of thiazole rings is 1. The molecule has 27 heavy (non-hydrogen) atoms. The lowest BCUT2D eigenvalue weighted by molar-refractivity contribution is -0.121. The molecule has 1 atom stereocenters. The predicted molar refractivity (Wildman–Crippen MR) is 106 cm³/mol. The van der Waals surface area contributed by atoms with Gasteiger partial charge in [0.05, 0.1) is 30.3 Å². The number of carbonyl (C=O) groups excluding carboxylic acids is 1. The molecule has 2 aromatic carbocycles. The summed E-state index contributed by atoms with van der Waals surface area (Å²) in [5.41, 5.74) is 2.46. The summed E-state index contributed by atoms with van der Waals surface area (Å²) >= 11 is 1.48. The predicted octanol–water partition coefficient (Wildman–Crippen LogP) is 4.69. The van der Waals surface area contributed by atoms with Crippen molar-refractivity contribution in [1.29, 1.82) is 0 Å². The number of hydrogen-bond donors (Lipinski definition) is 1. The van der Waals surface area contributed by atoms with Gasteiger partial charge in [-0.05, 0) is 44.2 Å². The van der Waals surface area contributed by atoms with Gasteiger partial charge in [-0.1, -0.05) is 18.2 Å². The lowest BCUT2D eigenvalue weighted by Crippen LogP contribution is -2.28. The molecule has 0 aliphatic rings. The summed E-state index contributed by atoms with van der Waals surface area (Å²) in [6.07, 6.45) is 0.220. The summed E-state index contributed by atoms with van der Waals surface area (Å²) in [6, 6.07) is 13.6. The van der Waals surface area contributed by atoms with Crippen molar-refractivity contribution in [2.24, 2.45) is 0 Å². The topological polar surface area (TPSA) is 51.2 Å². The van der Waals surface area contributed by atoms with Crippen molar-refractivity contribution in [3.05, 3.63) is 69.8 Å². The van der Waals surface area contributed by atoms with E-state index in [4.69, 9.17) is 4.74 Å². The van der Waals surface area contributed by atoms with Crippen LogP contribution in [0.1, 0.15) is 28.4 Å². The second-order valence-electron chi connectivity index (χ2n) is 6.22. The molecule has 140 valence electrons. The maximum atomic E-state index is 13.2.